The predicted molar refractivity (Wildman–Crippen MR) is 147 cm³/mol. The second-order valence-corrected chi connectivity index (χ2v) is 10.5. The lowest BCUT2D eigenvalue weighted by Crippen LogP contribution is -2.34. The first-order chi connectivity index (χ1) is 18.3. The van der Waals surface area contributed by atoms with Crippen molar-refractivity contribution in [3.8, 4) is 0 Å². The molecule has 1 aliphatic heterocycles. The SMILES string of the molecule is O=C(O)CCCCc1nc2cc(C(=O)N3CCC(O)(c4ccccc4)C3)ccc2nc1C1=CC=C(Cl)CC1. The molecule has 8 heteroatoms. The summed E-state index contributed by atoms with van der Waals surface area (Å²) in [6.07, 6.45) is 7.77. The summed E-state index contributed by atoms with van der Waals surface area (Å²) >= 11 is 6.16. The lowest BCUT2D eigenvalue weighted by atomic mass is 9.93. The van der Waals surface area contributed by atoms with Crippen LogP contribution in [0.15, 0.2) is 65.7 Å². The number of aliphatic carboxylic acids is 1. The predicted octanol–water partition coefficient (Wildman–Crippen LogP) is 5.46. The van der Waals surface area contributed by atoms with Gasteiger partial charge >= 0.3 is 5.97 Å². The van der Waals surface area contributed by atoms with Crippen LogP contribution in [-0.4, -0.2) is 50.0 Å². The van der Waals surface area contributed by atoms with Crippen LogP contribution in [0.4, 0.5) is 0 Å². The number of amides is 1. The third-order valence-corrected chi connectivity index (χ3v) is 7.60. The maximum atomic E-state index is 13.4. The number of nitrogens with zero attached hydrogens (tertiary/aromatic N) is 3. The van der Waals surface area contributed by atoms with E-state index in [9.17, 15) is 14.7 Å². The molecule has 1 unspecified atom stereocenters. The molecule has 1 amide bonds. The van der Waals surface area contributed by atoms with Crippen LogP contribution >= 0.6 is 11.6 Å². The van der Waals surface area contributed by atoms with Crippen LogP contribution in [-0.2, 0) is 16.8 Å². The summed E-state index contributed by atoms with van der Waals surface area (Å²) in [6, 6.07) is 14.8. The molecule has 2 heterocycles. The molecule has 3 aromatic rings. The molecule has 1 aliphatic carbocycles. The van der Waals surface area contributed by atoms with Crippen molar-refractivity contribution in [2.75, 3.05) is 13.1 Å². The molecule has 2 aromatic carbocycles. The topological polar surface area (TPSA) is 104 Å². The normalized spacial score (nSPS) is 19.4. The van der Waals surface area contributed by atoms with Crippen molar-refractivity contribution in [1.82, 2.24) is 14.9 Å². The first-order valence-electron chi connectivity index (χ1n) is 13.0. The number of carbonyl (C=O) groups excluding carboxylic acids is 1. The monoisotopic (exact) mass is 531 g/mol. The molecule has 5 rings (SSSR count). The van der Waals surface area contributed by atoms with Gasteiger partial charge in [-0.1, -0.05) is 48.0 Å². The van der Waals surface area contributed by atoms with Gasteiger partial charge in [-0.2, -0.15) is 0 Å². The van der Waals surface area contributed by atoms with E-state index in [0.717, 1.165) is 40.4 Å². The summed E-state index contributed by atoms with van der Waals surface area (Å²) in [5.74, 6) is -0.962. The van der Waals surface area contributed by atoms with E-state index in [4.69, 9.17) is 26.7 Å². The number of hydrogen-bond donors (Lipinski definition) is 2. The number of unbranched alkanes of at least 4 members (excludes halogenated alkanes) is 1. The number of halogens is 1. The zero-order chi connectivity index (χ0) is 26.7. The number of allylic oxidation sites excluding steroid dienone is 4. The van der Waals surface area contributed by atoms with Gasteiger partial charge < -0.3 is 15.1 Å². The van der Waals surface area contributed by atoms with E-state index in [-0.39, 0.29) is 18.9 Å². The molecule has 1 aromatic heterocycles. The van der Waals surface area contributed by atoms with Gasteiger partial charge in [-0.05, 0) is 73.9 Å². The third kappa shape index (κ3) is 5.64. The Labute approximate surface area is 226 Å². The fraction of sp³-hybridized carbons (Fsp3) is 0.333. The van der Waals surface area contributed by atoms with Gasteiger partial charge in [0.15, 0.2) is 0 Å². The Balaban J connectivity index is 1.42. The van der Waals surface area contributed by atoms with E-state index >= 15 is 0 Å². The molecule has 0 saturated carbocycles. The Morgan fingerprint density at radius 3 is 2.55 bits per heavy atom. The van der Waals surface area contributed by atoms with Crippen LogP contribution < -0.4 is 0 Å². The van der Waals surface area contributed by atoms with E-state index in [1.807, 2.05) is 48.6 Å². The highest BCUT2D eigenvalue weighted by Crippen LogP contribution is 2.33. The highest BCUT2D eigenvalue weighted by molar-refractivity contribution is 6.29. The molecule has 196 valence electrons. The first kappa shape index (κ1) is 26.1. The molecule has 7 nitrogen and oxygen atoms in total. The first-order valence-corrected chi connectivity index (χ1v) is 13.4. The van der Waals surface area contributed by atoms with Crippen molar-refractivity contribution in [2.45, 2.75) is 50.5 Å². The van der Waals surface area contributed by atoms with Crippen LogP contribution in [0.1, 0.15) is 65.8 Å². The minimum atomic E-state index is -1.06. The average molecular weight is 532 g/mol. The Bertz CT molecular complexity index is 1440. The molecule has 0 radical (unpaired) electrons. The fourth-order valence-electron chi connectivity index (χ4n) is 5.17. The summed E-state index contributed by atoms with van der Waals surface area (Å²) < 4.78 is 0. The summed E-state index contributed by atoms with van der Waals surface area (Å²) in [4.78, 5) is 35.9. The van der Waals surface area contributed by atoms with Crippen LogP contribution in [0.5, 0.6) is 0 Å². The summed E-state index contributed by atoms with van der Waals surface area (Å²) in [6.45, 7) is 0.698. The second-order valence-electron chi connectivity index (χ2n) is 10.0. The van der Waals surface area contributed by atoms with Crippen molar-refractivity contribution >= 4 is 40.1 Å². The molecule has 38 heavy (non-hydrogen) atoms. The fourth-order valence-corrected chi connectivity index (χ4v) is 5.32. The quantitative estimate of drug-likeness (QED) is 0.374. The van der Waals surface area contributed by atoms with Gasteiger partial charge in [0.2, 0.25) is 0 Å². The number of likely N-dealkylation sites (tertiary alicyclic amines) is 1. The number of carboxylic acids is 1. The minimum absolute atomic E-state index is 0.112. The van der Waals surface area contributed by atoms with E-state index in [0.29, 0.717) is 48.8 Å². The highest BCUT2D eigenvalue weighted by Gasteiger charge is 2.39. The number of fused-ring (bicyclic) bond motifs is 1. The molecular weight excluding hydrogens is 502 g/mol. The Morgan fingerprint density at radius 2 is 1.82 bits per heavy atom. The number of hydrogen-bond acceptors (Lipinski definition) is 5. The standard InChI is InChI=1S/C30H30ClN3O4/c31-23-13-10-20(11-14-23)28-25(8-4-5-9-27(35)36)32-26-18-21(12-15-24(26)33-28)29(37)34-17-16-30(38,19-34)22-6-2-1-3-7-22/h1-3,6-7,10,12-13,15,18,38H,4-5,8-9,11,14,16-17,19H2,(H,35,36). The number of rotatable bonds is 8. The molecule has 0 spiro atoms. The van der Waals surface area contributed by atoms with Gasteiger partial charge in [0, 0.05) is 23.6 Å². The lowest BCUT2D eigenvalue weighted by Gasteiger charge is -2.24. The average Bonchev–Trinajstić information content (AvgIpc) is 3.34. The van der Waals surface area contributed by atoms with Crippen LogP contribution in [0.2, 0.25) is 0 Å². The Kier molecular flexibility index (Phi) is 7.58. The van der Waals surface area contributed by atoms with E-state index in [1.54, 1.807) is 17.0 Å². The van der Waals surface area contributed by atoms with Gasteiger partial charge in [0.05, 0.1) is 29.0 Å². The maximum absolute atomic E-state index is 13.4. The number of aryl methyl sites for hydroxylation is 1. The van der Waals surface area contributed by atoms with Crippen molar-refractivity contribution in [2.24, 2.45) is 0 Å². The second kappa shape index (κ2) is 11.1. The molecule has 1 atom stereocenters. The molecule has 1 fully saturated rings. The van der Waals surface area contributed by atoms with Crippen molar-refractivity contribution in [3.63, 3.8) is 0 Å². The van der Waals surface area contributed by atoms with Crippen LogP contribution in [0, 0.1) is 0 Å². The number of aromatic nitrogens is 2. The minimum Gasteiger partial charge on any atom is -0.481 e. The maximum Gasteiger partial charge on any atom is 0.303 e. The van der Waals surface area contributed by atoms with Crippen molar-refractivity contribution < 1.29 is 19.8 Å². The largest absolute Gasteiger partial charge is 0.481 e. The summed E-state index contributed by atoms with van der Waals surface area (Å²) in [7, 11) is 0. The Hall–Kier alpha value is -3.55. The van der Waals surface area contributed by atoms with Crippen LogP contribution in [0.25, 0.3) is 16.6 Å². The lowest BCUT2D eigenvalue weighted by molar-refractivity contribution is -0.137. The summed E-state index contributed by atoms with van der Waals surface area (Å²) in [5, 5.41) is 21.0. The zero-order valence-electron chi connectivity index (χ0n) is 21.1. The van der Waals surface area contributed by atoms with Gasteiger partial charge in [-0.15, -0.1) is 0 Å². The van der Waals surface area contributed by atoms with Gasteiger partial charge in [0.25, 0.3) is 5.91 Å². The number of aliphatic hydroxyl groups is 1. The molecule has 2 N–H and O–H groups in total. The molecule has 2 aliphatic rings. The molecule has 1 saturated heterocycles. The molecule has 0 bridgehead atoms. The van der Waals surface area contributed by atoms with Crippen molar-refractivity contribution in [3.05, 3.63) is 88.2 Å². The smallest absolute Gasteiger partial charge is 0.303 e. The van der Waals surface area contributed by atoms with Gasteiger partial charge in [-0.25, -0.2) is 9.97 Å². The van der Waals surface area contributed by atoms with Crippen molar-refractivity contribution in [1.29, 1.82) is 0 Å². The van der Waals surface area contributed by atoms with Gasteiger partial charge in [-0.3, -0.25) is 9.59 Å². The van der Waals surface area contributed by atoms with E-state index < -0.39 is 11.6 Å². The Morgan fingerprint density at radius 1 is 1.00 bits per heavy atom. The van der Waals surface area contributed by atoms with E-state index in [1.165, 1.54) is 0 Å². The number of β-amino-alcohol motifs (C(OH)–C–C–N with tert-alkyl or cyclic N) is 1. The highest BCUT2D eigenvalue weighted by atomic mass is 35.5. The molecular formula is C30H30ClN3O4. The van der Waals surface area contributed by atoms with Gasteiger partial charge in [0.1, 0.15) is 5.60 Å². The summed E-state index contributed by atoms with van der Waals surface area (Å²) in [5.41, 5.74) is 4.22. The van der Waals surface area contributed by atoms with E-state index in [2.05, 4.69) is 0 Å². The zero-order valence-corrected chi connectivity index (χ0v) is 21.8. The third-order valence-electron chi connectivity index (χ3n) is 7.29. The number of carbonyl (C=O) groups is 2. The number of carboxylic acid groups (broad SMARTS) is 1. The van der Waals surface area contributed by atoms with Crippen LogP contribution in [0.3, 0.4) is 0 Å². The number of benzene rings is 2.